The minimum atomic E-state index is -1.51. The molecule has 0 saturated heterocycles. The van der Waals surface area contributed by atoms with Gasteiger partial charge in [-0.05, 0) is 75.1 Å². The maximum atomic E-state index is 14.3. The van der Waals surface area contributed by atoms with Crippen LogP contribution in [-0.4, -0.2) is 31.5 Å². The van der Waals surface area contributed by atoms with E-state index in [1.165, 1.54) is 25.0 Å². The molecule has 0 radical (unpaired) electrons. The van der Waals surface area contributed by atoms with Crippen LogP contribution in [0.4, 0.5) is 16.0 Å². The van der Waals surface area contributed by atoms with Crippen LogP contribution in [0.5, 0.6) is 0 Å². The Balaban J connectivity index is 0.00000205. The van der Waals surface area contributed by atoms with Gasteiger partial charge in [-0.15, -0.1) is 0 Å². The number of fused-ring (bicyclic) bond motifs is 2. The first-order valence-electron chi connectivity index (χ1n) is 13.7. The van der Waals surface area contributed by atoms with Crippen LogP contribution < -0.4 is 16.2 Å². The zero-order valence-electron chi connectivity index (χ0n) is 24.9. The van der Waals surface area contributed by atoms with Gasteiger partial charge in [0.2, 0.25) is 5.95 Å². The predicted molar refractivity (Wildman–Crippen MR) is 161 cm³/mol. The summed E-state index contributed by atoms with van der Waals surface area (Å²) in [5.74, 6) is 0.407. The van der Waals surface area contributed by atoms with Gasteiger partial charge in [-0.2, -0.15) is 4.98 Å². The van der Waals surface area contributed by atoms with E-state index in [4.69, 9.17) is 4.98 Å². The first kappa shape index (κ1) is 30.0. The lowest BCUT2D eigenvalue weighted by atomic mass is 9.79. The molecule has 7 nitrogen and oxygen atoms in total. The second-order valence-electron chi connectivity index (χ2n) is 10.9. The molecule has 2 N–H and O–H groups in total. The fourth-order valence-corrected chi connectivity index (χ4v) is 4.83. The van der Waals surface area contributed by atoms with E-state index in [-0.39, 0.29) is 11.0 Å². The molecule has 39 heavy (non-hydrogen) atoms. The predicted octanol–water partition coefficient (Wildman–Crippen LogP) is 6.87. The average Bonchev–Trinajstić information content (AvgIpc) is 3.17. The van der Waals surface area contributed by atoms with Crippen molar-refractivity contribution in [1.29, 1.82) is 0 Å². The minimum Gasteiger partial charge on any atom is -0.324 e. The first-order valence-corrected chi connectivity index (χ1v) is 13.7. The highest BCUT2D eigenvalue weighted by molar-refractivity contribution is 5.79. The van der Waals surface area contributed by atoms with Crippen molar-refractivity contribution in [3.05, 3.63) is 75.8 Å². The van der Waals surface area contributed by atoms with Crippen LogP contribution in [0.25, 0.3) is 16.7 Å². The monoisotopic (exact) mass is 534 g/mol. The third kappa shape index (κ3) is 6.22. The van der Waals surface area contributed by atoms with Crippen LogP contribution in [0.2, 0.25) is 0 Å². The van der Waals surface area contributed by atoms with E-state index in [0.717, 1.165) is 30.0 Å². The highest BCUT2D eigenvalue weighted by atomic mass is 19.1. The quantitative estimate of drug-likeness (QED) is 0.323. The molecule has 2 aromatic heterocycles. The molecule has 1 aromatic carbocycles. The smallest absolute Gasteiger partial charge is 0.278 e. The number of anilines is 2. The SMILES string of the molecule is C=C(/C(C)=C\C=C(/C)n1c2nc(Nc3ccc4c(c3)CNCC4(C)C)ncc2c(=O)n1CC)C(C)(C)F.CC. The lowest BCUT2D eigenvalue weighted by molar-refractivity contribution is 0.272. The van der Waals surface area contributed by atoms with E-state index in [2.05, 4.69) is 48.2 Å². The number of nitrogens with one attached hydrogen (secondary N) is 2. The third-order valence-corrected chi connectivity index (χ3v) is 7.05. The first-order chi connectivity index (χ1) is 18.3. The van der Waals surface area contributed by atoms with Crippen molar-refractivity contribution < 1.29 is 4.39 Å². The summed E-state index contributed by atoms with van der Waals surface area (Å²) < 4.78 is 17.7. The summed E-state index contributed by atoms with van der Waals surface area (Å²) in [4.78, 5) is 22.2. The van der Waals surface area contributed by atoms with Gasteiger partial charge in [-0.25, -0.2) is 18.7 Å². The van der Waals surface area contributed by atoms with E-state index >= 15 is 0 Å². The molecular formula is C31H43FN6O. The Morgan fingerprint density at radius 2 is 1.95 bits per heavy atom. The zero-order chi connectivity index (χ0) is 29.1. The molecule has 8 heteroatoms. The van der Waals surface area contributed by atoms with Crippen LogP contribution in [0.15, 0.2) is 59.1 Å². The Hall–Kier alpha value is -3.52. The van der Waals surface area contributed by atoms with Crippen molar-refractivity contribution in [1.82, 2.24) is 24.6 Å². The van der Waals surface area contributed by atoms with Crippen molar-refractivity contribution >= 4 is 28.4 Å². The number of nitrogens with zero attached hydrogens (tertiary/aromatic N) is 4. The number of hydrogen-bond donors (Lipinski definition) is 2. The van der Waals surface area contributed by atoms with Crippen LogP contribution in [0.3, 0.4) is 0 Å². The highest BCUT2D eigenvalue weighted by Gasteiger charge is 2.27. The molecule has 0 unspecified atom stereocenters. The number of benzene rings is 1. The Labute approximate surface area is 231 Å². The minimum absolute atomic E-state index is 0.0731. The van der Waals surface area contributed by atoms with E-state index in [1.54, 1.807) is 15.6 Å². The lowest BCUT2D eigenvalue weighted by Gasteiger charge is -2.33. The van der Waals surface area contributed by atoms with E-state index in [9.17, 15) is 9.18 Å². The molecule has 0 aliphatic carbocycles. The third-order valence-electron chi connectivity index (χ3n) is 7.05. The van der Waals surface area contributed by atoms with Crippen molar-refractivity contribution in [3.8, 4) is 0 Å². The van der Waals surface area contributed by atoms with E-state index in [1.807, 2.05) is 52.8 Å². The summed E-state index contributed by atoms with van der Waals surface area (Å²) in [6, 6.07) is 6.33. The van der Waals surface area contributed by atoms with Crippen LogP contribution in [0, 0.1) is 0 Å². The average molecular weight is 535 g/mol. The van der Waals surface area contributed by atoms with Crippen molar-refractivity contribution in [2.75, 3.05) is 11.9 Å². The molecule has 0 fully saturated rings. The molecule has 0 spiro atoms. The molecule has 3 aromatic rings. The van der Waals surface area contributed by atoms with E-state index in [0.29, 0.717) is 29.1 Å². The maximum absolute atomic E-state index is 14.3. The Morgan fingerprint density at radius 3 is 2.59 bits per heavy atom. The highest BCUT2D eigenvalue weighted by Crippen LogP contribution is 2.32. The molecular weight excluding hydrogens is 491 g/mol. The van der Waals surface area contributed by atoms with Gasteiger partial charge in [-0.3, -0.25) is 4.79 Å². The van der Waals surface area contributed by atoms with Crippen molar-refractivity contribution in [2.45, 2.75) is 86.5 Å². The van der Waals surface area contributed by atoms with Crippen LogP contribution in [0.1, 0.15) is 73.4 Å². The molecule has 0 bridgehead atoms. The second kappa shape index (κ2) is 11.7. The lowest BCUT2D eigenvalue weighted by Crippen LogP contribution is -2.38. The summed E-state index contributed by atoms with van der Waals surface area (Å²) in [5, 5.41) is 7.23. The number of halogens is 1. The number of hydrogen-bond acceptors (Lipinski definition) is 5. The Kier molecular flexibility index (Phi) is 9.01. The van der Waals surface area contributed by atoms with Gasteiger partial charge in [0.15, 0.2) is 5.65 Å². The standard InChI is InChI=1S/C29H37FN6O.C2H6/c1-9-35-26(37)23-16-32-27(33-22-12-13-24-21(14-22)15-31-17-28(24,5)6)34-25(23)36(35)19(3)11-10-18(2)20(4)29(7,8)30;1-2/h10-14,16,31H,4,9,15,17H2,1-3,5-8H3,(H,32,33,34);1-2H3/b18-10-,19-11+;. The normalized spacial score (nSPS) is 15.4. The number of allylic oxidation sites excluding steroid dienone is 5. The Morgan fingerprint density at radius 1 is 1.26 bits per heavy atom. The van der Waals surface area contributed by atoms with Crippen LogP contribution in [-0.2, 0) is 18.5 Å². The maximum Gasteiger partial charge on any atom is 0.278 e. The van der Waals surface area contributed by atoms with Gasteiger partial charge >= 0.3 is 0 Å². The molecule has 210 valence electrons. The van der Waals surface area contributed by atoms with Gasteiger partial charge in [0.05, 0.1) is 0 Å². The van der Waals surface area contributed by atoms with Crippen molar-refractivity contribution in [2.24, 2.45) is 0 Å². The number of rotatable bonds is 7. The summed E-state index contributed by atoms with van der Waals surface area (Å²) in [6.45, 7) is 23.2. The Bertz CT molecular complexity index is 1480. The molecule has 0 saturated carbocycles. The fraction of sp³-hybridized carbons (Fsp3) is 0.452. The van der Waals surface area contributed by atoms with Gasteiger partial charge in [0, 0.05) is 42.6 Å². The molecule has 0 amide bonds. The van der Waals surface area contributed by atoms with E-state index < -0.39 is 5.67 Å². The summed E-state index contributed by atoms with van der Waals surface area (Å²) in [6.07, 6.45) is 5.24. The number of alkyl halides is 1. The summed E-state index contributed by atoms with van der Waals surface area (Å²) >= 11 is 0. The summed E-state index contributed by atoms with van der Waals surface area (Å²) in [7, 11) is 0. The van der Waals surface area contributed by atoms with Gasteiger partial charge in [-0.1, -0.05) is 46.4 Å². The molecule has 4 rings (SSSR count). The molecule has 3 heterocycles. The van der Waals surface area contributed by atoms with Gasteiger partial charge in [0.1, 0.15) is 11.1 Å². The summed E-state index contributed by atoms with van der Waals surface area (Å²) in [5.41, 5.74) is 4.30. The molecule has 1 aliphatic heterocycles. The largest absolute Gasteiger partial charge is 0.324 e. The fourth-order valence-electron chi connectivity index (χ4n) is 4.83. The van der Waals surface area contributed by atoms with Crippen LogP contribution >= 0.6 is 0 Å². The molecule has 1 aliphatic rings. The topological polar surface area (TPSA) is 76.8 Å². The number of aromatic nitrogens is 4. The second-order valence-corrected chi connectivity index (χ2v) is 10.9. The zero-order valence-corrected chi connectivity index (χ0v) is 24.9. The molecule has 0 atom stereocenters. The van der Waals surface area contributed by atoms with Gasteiger partial charge < -0.3 is 10.6 Å². The van der Waals surface area contributed by atoms with Gasteiger partial charge in [0.25, 0.3) is 5.56 Å². The van der Waals surface area contributed by atoms with Crippen molar-refractivity contribution in [3.63, 3.8) is 0 Å².